The van der Waals surface area contributed by atoms with E-state index in [9.17, 15) is 14.4 Å². The van der Waals surface area contributed by atoms with Crippen LogP contribution in [-0.4, -0.2) is 17.8 Å². The Kier molecular flexibility index (Phi) is 6.67. The summed E-state index contributed by atoms with van der Waals surface area (Å²) >= 11 is 0. The zero-order valence-electron chi connectivity index (χ0n) is 15.8. The molecule has 1 atom stereocenters. The zero-order chi connectivity index (χ0) is 21.3. The van der Waals surface area contributed by atoms with E-state index in [-0.39, 0.29) is 12.2 Å². The predicted octanol–water partition coefficient (Wildman–Crippen LogP) is 2.63. The number of hydrogen-bond acceptors (Lipinski definition) is 5. The molecule has 9 nitrogen and oxygen atoms in total. The Balaban J connectivity index is 1.66. The average molecular weight is 408 g/mol. The highest BCUT2D eigenvalue weighted by Crippen LogP contribution is 2.25. The highest BCUT2D eigenvalue weighted by atomic mass is 16.5. The van der Waals surface area contributed by atoms with Crippen molar-refractivity contribution in [1.29, 1.82) is 0 Å². The number of para-hydroxylation sites is 1. The molecule has 0 aliphatic rings. The van der Waals surface area contributed by atoms with Crippen molar-refractivity contribution in [1.82, 2.24) is 16.2 Å². The van der Waals surface area contributed by atoms with Gasteiger partial charge in [0.1, 0.15) is 11.5 Å². The zero-order valence-corrected chi connectivity index (χ0v) is 15.8. The number of rotatable bonds is 7. The molecule has 0 aliphatic carbocycles. The molecule has 0 spiro atoms. The van der Waals surface area contributed by atoms with Crippen LogP contribution in [0.3, 0.4) is 0 Å². The molecule has 154 valence electrons. The van der Waals surface area contributed by atoms with E-state index < -0.39 is 23.9 Å². The fourth-order valence-corrected chi connectivity index (χ4v) is 2.68. The van der Waals surface area contributed by atoms with Gasteiger partial charge in [0, 0.05) is 0 Å². The molecule has 9 heteroatoms. The molecule has 3 aromatic rings. The average Bonchev–Trinajstić information content (AvgIpc) is 3.27. The summed E-state index contributed by atoms with van der Waals surface area (Å²) in [7, 11) is 0. The lowest BCUT2D eigenvalue weighted by molar-refractivity contribution is -0.122. The third kappa shape index (κ3) is 5.86. The molecular weight excluding hydrogens is 388 g/mol. The summed E-state index contributed by atoms with van der Waals surface area (Å²) in [6, 6.07) is 17.6. The van der Waals surface area contributed by atoms with Crippen molar-refractivity contribution >= 4 is 17.8 Å². The SMILES string of the molecule is NC(=O)N[C@H](CC(=O)NNC(=O)c1ccco1)c1cccc(Oc2ccccc2)c1. The van der Waals surface area contributed by atoms with Crippen molar-refractivity contribution in [3.63, 3.8) is 0 Å². The number of nitrogens with one attached hydrogen (secondary N) is 3. The minimum atomic E-state index is -0.790. The molecule has 3 rings (SSSR count). The second-order valence-corrected chi connectivity index (χ2v) is 6.23. The summed E-state index contributed by atoms with van der Waals surface area (Å²) in [5.74, 6) is 0.0795. The smallest absolute Gasteiger partial charge is 0.312 e. The molecule has 4 amide bonds. The van der Waals surface area contributed by atoms with Crippen LogP contribution in [0.2, 0.25) is 0 Å². The first kappa shape index (κ1) is 20.5. The summed E-state index contributed by atoms with van der Waals surface area (Å²) in [6.07, 6.45) is 1.17. The van der Waals surface area contributed by atoms with Crippen LogP contribution in [0.5, 0.6) is 11.5 Å². The highest BCUT2D eigenvalue weighted by Gasteiger charge is 2.19. The molecule has 0 saturated carbocycles. The van der Waals surface area contributed by atoms with Crippen LogP contribution in [0.25, 0.3) is 0 Å². The Morgan fingerprint density at radius 1 is 0.933 bits per heavy atom. The highest BCUT2D eigenvalue weighted by molar-refractivity contribution is 5.93. The van der Waals surface area contributed by atoms with Crippen molar-refractivity contribution in [3.05, 3.63) is 84.3 Å². The molecule has 0 aliphatic heterocycles. The van der Waals surface area contributed by atoms with Crippen molar-refractivity contribution in [2.75, 3.05) is 0 Å². The van der Waals surface area contributed by atoms with E-state index in [0.717, 1.165) is 0 Å². The molecule has 1 aromatic heterocycles. The summed E-state index contributed by atoms with van der Waals surface area (Å²) in [4.78, 5) is 35.5. The van der Waals surface area contributed by atoms with Crippen LogP contribution in [0.1, 0.15) is 28.6 Å². The number of hydrogen-bond donors (Lipinski definition) is 4. The lowest BCUT2D eigenvalue weighted by Crippen LogP contribution is -2.43. The van der Waals surface area contributed by atoms with Gasteiger partial charge in [-0.1, -0.05) is 30.3 Å². The number of carbonyl (C=O) groups excluding carboxylic acids is 3. The maximum atomic E-state index is 12.3. The second-order valence-electron chi connectivity index (χ2n) is 6.23. The van der Waals surface area contributed by atoms with E-state index in [4.69, 9.17) is 14.9 Å². The van der Waals surface area contributed by atoms with E-state index >= 15 is 0 Å². The van der Waals surface area contributed by atoms with Gasteiger partial charge in [-0.3, -0.25) is 20.4 Å². The maximum absolute atomic E-state index is 12.3. The third-order valence-corrected chi connectivity index (χ3v) is 4.01. The van der Waals surface area contributed by atoms with Gasteiger partial charge in [0.05, 0.1) is 18.7 Å². The molecule has 1 heterocycles. The standard InChI is InChI=1S/C21H20N4O5/c22-21(28)23-17(13-19(26)24-25-20(27)18-10-5-11-29-18)14-6-4-9-16(12-14)30-15-7-2-1-3-8-15/h1-12,17H,13H2,(H,24,26)(H,25,27)(H3,22,23,28)/t17-/m1/s1. The monoisotopic (exact) mass is 408 g/mol. The van der Waals surface area contributed by atoms with Gasteiger partial charge in [-0.2, -0.15) is 0 Å². The van der Waals surface area contributed by atoms with E-state index in [1.165, 1.54) is 12.3 Å². The summed E-state index contributed by atoms with van der Waals surface area (Å²) < 4.78 is 10.7. The lowest BCUT2D eigenvalue weighted by Gasteiger charge is -2.18. The summed E-state index contributed by atoms with van der Waals surface area (Å²) in [5.41, 5.74) is 10.4. The number of furan rings is 1. The largest absolute Gasteiger partial charge is 0.459 e. The minimum absolute atomic E-state index is 0.0490. The Bertz CT molecular complexity index is 1010. The number of carbonyl (C=O) groups is 3. The Labute approximate surface area is 172 Å². The van der Waals surface area contributed by atoms with Gasteiger partial charge in [0.25, 0.3) is 0 Å². The molecule has 0 bridgehead atoms. The van der Waals surface area contributed by atoms with E-state index in [2.05, 4.69) is 16.2 Å². The number of urea groups is 1. The van der Waals surface area contributed by atoms with Gasteiger partial charge >= 0.3 is 11.9 Å². The van der Waals surface area contributed by atoms with Crippen LogP contribution in [0.15, 0.2) is 77.4 Å². The first-order chi connectivity index (χ1) is 14.5. The molecule has 30 heavy (non-hydrogen) atoms. The minimum Gasteiger partial charge on any atom is -0.459 e. The molecular formula is C21H20N4O5. The first-order valence-corrected chi connectivity index (χ1v) is 9.03. The van der Waals surface area contributed by atoms with Crippen LogP contribution in [0.4, 0.5) is 4.79 Å². The second kappa shape index (κ2) is 9.78. The summed E-state index contributed by atoms with van der Waals surface area (Å²) in [5, 5.41) is 2.52. The first-order valence-electron chi connectivity index (χ1n) is 9.03. The Hall–Kier alpha value is -4.27. The fraction of sp³-hybridized carbons (Fsp3) is 0.0952. The number of amides is 4. The third-order valence-electron chi connectivity index (χ3n) is 4.01. The Morgan fingerprint density at radius 3 is 2.40 bits per heavy atom. The van der Waals surface area contributed by atoms with Gasteiger partial charge in [-0.25, -0.2) is 4.79 Å². The summed E-state index contributed by atoms with van der Waals surface area (Å²) in [6.45, 7) is 0. The number of benzene rings is 2. The Morgan fingerprint density at radius 2 is 1.70 bits per heavy atom. The molecule has 0 saturated heterocycles. The topological polar surface area (TPSA) is 136 Å². The van der Waals surface area contributed by atoms with Crippen molar-refractivity contribution < 1.29 is 23.5 Å². The normalized spacial score (nSPS) is 11.2. The van der Waals surface area contributed by atoms with Gasteiger partial charge in [-0.05, 0) is 42.0 Å². The van der Waals surface area contributed by atoms with Crippen LogP contribution in [0, 0.1) is 0 Å². The van der Waals surface area contributed by atoms with E-state index in [0.29, 0.717) is 17.1 Å². The quantitative estimate of drug-likeness (QED) is 0.446. The molecule has 0 radical (unpaired) electrons. The lowest BCUT2D eigenvalue weighted by atomic mass is 10.0. The molecule has 0 fully saturated rings. The van der Waals surface area contributed by atoms with Gasteiger partial charge < -0.3 is 20.2 Å². The predicted molar refractivity (Wildman–Crippen MR) is 107 cm³/mol. The molecule has 5 N–H and O–H groups in total. The molecule has 0 unspecified atom stereocenters. The number of primary amides is 1. The van der Waals surface area contributed by atoms with Crippen molar-refractivity contribution in [2.45, 2.75) is 12.5 Å². The van der Waals surface area contributed by atoms with Gasteiger partial charge in [0.15, 0.2) is 5.76 Å². The van der Waals surface area contributed by atoms with E-state index in [1.807, 2.05) is 18.2 Å². The van der Waals surface area contributed by atoms with Gasteiger partial charge in [-0.15, -0.1) is 0 Å². The van der Waals surface area contributed by atoms with Crippen LogP contribution < -0.4 is 26.6 Å². The van der Waals surface area contributed by atoms with E-state index in [1.54, 1.807) is 42.5 Å². The molecule has 2 aromatic carbocycles. The fourth-order valence-electron chi connectivity index (χ4n) is 2.68. The van der Waals surface area contributed by atoms with Crippen LogP contribution >= 0.6 is 0 Å². The number of ether oxygens (including phenoxy) is 1. The van der Waals surface area contributed by atoms with Crippen molar-refractivity contribution in [3.8, 4) is 11.5 Å². The number of nitrogens with two attached hydrogens (primary N) is 1. The van der Waals surface area contributed by atoms with Gasteiger partial charge in [0.2, 0.25) is 5.91 Å². The number of hydrazine groups is 1. The van der Waals surface area contributed by atoms with Crippen LogP contribution in [-0.2, 0) is 4.79 Å². The maximum Gasteiger partial charge on any atom is 0.312 e. The van der Waals surface area contributed by atoms with Crippen molar-refractivity contribution in [2.24, 2.45) is 5.73 Å².